The van der Waals surface area contributed by atoms with Crippen LogP contribution >= 0.6 is 0 Å². The Labute approximate surface area is 177 Å². The minimum atomic E-state index is -0.854. The fourth-order valence-corrected chi connectivity index (χ4v) is 2.94. The molecule has 1 heterocycles. The van der Waals surface area contributed by atoms with Crippen molar-refractivity contribution in [1.82, 2.24) is 10.2 Å². The molecule has 1 aromatic rings. The maximum absolute atomic E-state index is 12.8. The number of nitrogens with zero attached hydrogens (tertiary/aromatic N) is 1. The van der Waals surface area contributed by atoms with Gasteiger partial charge in [-0.25, -0.2) is 0 Å². The van der Waals surface area contributed by atoms with Crippen LogP contribution in [-0.2, 0) is 19.1 Å². The zero-order valence-corrected chi connectivity index (χ0v) is 17.7. The minimum absolute atomic E-state index is 0.00139. The molecule has 8 heteroatoms. The number of nitrogens with one attached hydrogen (secondary N) is 2. The number of rotatable bonds is 11. The number of piperazine rings is 1. The van der Waals surface area contributed by atoms with E-state index in [2.05, 4.69) is 17.2 Å². The molecule has 1 fully saturated rings. The van der Waals surface area contributed by atoms with E-state index in [1.54, 1.807) is 6.07 Å². The molecule has 164 valence electrons. The monoisotopic (exact) mass is 417 g/mol. The van der Waals surface area contributed by atoms with Crippen LogP contribution in [0.25, 0.3) is 0 Å². The van der Waals surface area contributed by atoms with E-state index in [4.69, 9.17) is 9.47 Å². The lowest BCUT2D eigenvalue weighted by atomic mass is 10.1. The Morgan fingerprint density at radius 2 is 2.17 bits per heavy atom. The molecule has 0 saturated carbocycles. The molecule has 0 radical (unpaired) electrons. The van der Waals surface area contributed by atoms with E-state index in [0.29, 0.717) is 32.1 Å². The van der Waals surface area contributed by atoms with Crippen molar-refractivity contribution in [2.75, 3.05) is 38.2 Å². The number of carbonyl (C=O) groups excluding carboxylic acids is 3. The largest absolute Gasteiger partial charge is 0.489 e. The van der Waals surface area contributed by atoms with Gasteiger partial charge in [-0.05, 0) is 31.1 Å². The van der Waals surface area contributed by atoms with Crippen molar-refractivity contribution in [3.05, 3.63) is 36.4 Å². The predicted molar refractivity (Wildman–Crippen MR) is 114 cm³/mol. The van der Waals surface area contributed by atoms with Gasteiger partial charge in [0.1, 0.15) is 18.4 Å². The van der Waals surface area contributed by atoms with E-state index in [1.807, 2.05) is 32.0 Å². The lowest BCUT2D eigenvalue weighted by molar-refractivity contribution is -0.151. The molecular weight excluding hydrogens is 386 g/mol. The summed E-state index contributed by atoms with van der Waals surface area (Å²) >= 11 is 0. The van der Waals surface area contributed by atoms with E-state index < -0.39 is 12.0 Å². The number of hydrogen-bond acceptors (Lipinski definition) is 6. The second-order valence-electron chi connectivity index (χ2n) is 7.30. The van der Waals surface area contributed by atoms with E-state index in [9.17, 15) is 14.4 Å². The van der Waals surface area contributed by atoms with E-state index in [-0.39, 0.29) is 24.8 Å². The van der Waals surface area contributed by atoms with Crippen molar-refractivity contribution in [2.24, 2.45) is 0 Å². The Balaban J connectivity index is 1.93. The van der Waals surface area contributed by atoms with Crippen molar-refractivity contribution in [3.63, 3.8) is 0 Å². The van der Waals surface area contributed by atoms with Crippen LogP contribution in [0.2, 0.25) is 0 Å². The number of benzene rings is 1. The molecule has 1 unspecified atom stereocenters. The van der Waals surface area contributed by atoms with Crippen LogP contribution in [0.4, 0.5) is 5.69 Å². The number of hydrogen-bond donors (Lipinski definition) is 2. The molecule has 0 bridgehead atoms. The summed E-state index contributed by atoms with van der Waals surface area (Å²) in [7, 11) is 0. The fraction of sp³-hybridized carbons (Fsp3) is 0.500. The fourth-order valence-electron chi connectivity index (χ4n) is 2.94. The maximum atomic E-state index is 12.8. The van der Waals surface area contributed by atoms with Gasteiger partial charge in [0.2, 0.25) is 11.8 Å². The zero-order valence-electron chi connectivity index (χ0n) is 17.7. The molecule has 0 aromatic heterocycles. The molecule has 8 nitrogen and oxygen atoms in total. The van der Waals surface area contributed by atoms with Crippen LogP contribution < -0.4 is 15.4 Å². The van der Waals surface area contributed by atoms with Gasteiger partial charge in [-0.3, -0.25) is 14.4 Å². The summed E-state index contributed by atoms with van der Waals surface area (Å²) in [5, 5.41) is 5.77. The van der Waals surface area contributed by atoms with Crippen LogP contribution in [0.3, 0.4) is 0 Å². The van der Waals surface area contributed by atoms with Gasteiger partial charge >= 0.3 is 5.97 Å². The molecule has 2 amide bonds. The predicted octanol–water partition coefficient (Wildman–Crippen LogP) is 2.11. The molecule has 1 aliphatic heterocycles. The minimum Gasteiger partial charge on any atom is -0.489 e. The highest BCUT2D eigenvalue weighted by molar-refractivity contribution is 5.93. The van der Waals surface area contributed by atoms with Gasteiger partial charge in [0.05, 0.1) is 19.6 Å². The summed E-state index contributed by atoms with van der Waals surface area (Å²) in [5.41, 5.74) is 1.63. The van der Waals surface area contributed by atoms with Crippen molar-refractivity contribution in [1.29, 1.82) is 0 Å². The lowest BCUT2D eigenvalue weighted by Gasteiger charge is -2.34. The third-order valence-electron chi connectivity index (χ3n) is 4.54. The van der Waals surface area contributed by atoms with Crippen molar-refractivity contribution in [2.45, 2.75) is 39.2 Å². The van der Waals surface area contributed by atoms with Crippen LogP contribution in [0.5, 0.6) is 5.75 Å². The van der Waals surface area contributed by atoms with Gasteiger partial charge in [-0.1, -0.05) is 26.0 Å². The lowest BCUT2D eigenvalue weighted by Crippen LogP contribution is -2.58. The molecular formula is C22H31N3O5. The zero-order chi connectivity index (χ0) is 21.9. The second kappa shape index (κ2) is 11.8. The highest BCUT2D eigenvalue weighted by Crippen LogP contribution is 2.18. The molecule has 1 aliphatic rings. The maximum Gasteiger partial charge on any atom is 0.308 e. The van der Waals surface area contributed by atoms with E-state index in [1.165, 1.54) is 4.90 Å². The van der Waals surface area contributed by atoms with Crippen LogP contribution in [-0.4, -0.2) is 61.6 Å². The first-order chi connectivity index (χ1) is 14.4. The molecule has 2 N–H and O–H groups in total. The van der Waals surface area contributed by atoms with E-state index in [0.717, 1.165) is 24.1 Å². The molecule has 0 aliphatic carbocycles. The van der Waals surface area contributed by atoms with Gasteiger partial charge in [0.15, 0.2) is 0 Å². The van der Waals surface area contributed by atoms with Gasteiger partial charge < -0.3 is 25.0 Å². The molecule has 1 aromatic carbocycles. The average Bonchev–Trinajstić information content (AvgIpc) is 2.72. The van der Waals surface area contributed by atoms with Gasteiger partial charge in [-0.15, -0.1) is 0 Å². The van der Waals surface area contributed by atoms with Crippen LogP contribution in [0.1, 0.15) is 33.1 Å². The summed E-state index contributed by atoms with van der Waals surface area (Å²) in [6.45, 7) is 9.12. The van der Waals surface area contributed by atoms with Gasteiger partial charge in [-0.2, -0.15) is 0 Å². The third kappa shape index (κ3) is 7.42. The Morgan fingerprint density at radius 1 is 1.37 bits per heavy atom. The smallest absolute Gasteiger partial charge is 0.308 e. The second-order valence-corrected chi connectivity index (χ2v) is 7.30. The normalized spacial score (nSPS) is 15.9. The number of anilines is 1. The average molecular weight is 418 g/mol. The molecule has 1 saturated heterocycles. The molecule has 2 rings (SSSR count). The van der Waals surface area contributed by atoms with Gasteiger partial charge in [0, 0.05) is 24.8 Å². The van der Waals surface area contributed by atoms with E-state index >= 15 is 0 Å². The number of carbonyl (C=O) groups is 3. The van der Waals surface area contributed by atoms with Crippen molar-refractivity contribution < 1.29 is 23.9 Å². The quantitative estimate of drug-likeness (QED) is 0.325. The molecule has 30 heavy (non-hydrogen) atoms. The first kappa shape index (κ1) is 23.3. The Hall–Kier alpha value is -3.03. The number of ether oxygens (including phenoxy) is 2. The highest BCUT2D eigenvalue weighted by Gasteiger charge is 2.34. The standard InChI is InChI=1S/C22H31N3O5/c1-4-5-11-29-21(27)13-19-22(28)23-9-10-25(19)20(26)14-24-17-7-6-8-18(12-17)30-15-16(2)3/h6-8,12,19,24H,2,4-5,9-11,13-15H2,1,3H3,(H,23,28). The Kier molecular flexibility index (Phi) is 9.18. The number of esters is 1. The highest BCUT2D eigenvalue weighted by atomic mass is 16.5. The number of amides is 2. The summed E-state index contributed by atoms with van der Waals surface area (Å²) in [4.78, 5) is 38.5. The van der Waals surface area contributed by atoms with Crippen molar-refractivity contribution in [3.8, 4) is 5.75 Å². The van der Waals surface area contributed by atoms with Crippen LogP contribution in [0.15, 0.2) is 36.4 Å². The molecule has 0 spiro atoms. The summed E-state index contributed by atoms with van der Waals surface area (Å²) in [6.07, 6.45) is 1.53. The SMILES string of the molecule is C=C(C)COc1cccc(NCC(=O)N2CCNC(=O)C2CC(=O)OCCCC)c1. The summed E-state index contributed by atoms with van der Waals surface area (Å²) in [6, 6.07) is 6.41. The number of unbranched alkanes of at least 4 members (excludes halogenated alkanes) is 1. The van der Waals surface area contributed by atoms with Crippen LogP contribution in [0, 0.1) is 0 Å². The molecule has 1 atom stereocenters. The van der Waals surface area contributed by atoms with Gasteiger partial charge in [0.25, 0.3) is 0 Å². The summed E-state index contributed by atoms with van der Waals surface area (Å²) in [5.74, 6) is -0.402. The Bertz CT molecular complexity index is 765. The first-order valence-corrected chi connectivity index (χ1v) is 10.2. The first-order valence-electron chi connectivity index (χ1n) is 10.2. The van der Waals surface area contributed by atoms with Crippen molar-refractivity contribution >= 4 is 23.5 Å². The third-order valence-corrected chi connectivity index (χ3v) is 4.54. The Morgan fingerprint density at radius 3 is 2.90 bits per heavy atom. The topological polar surface area (TPSA) is 97.0 Å². The summed E-state index contributed by atoms with van der Waals surface area (Å²) < 4.78 is 10.8.